The van der Waals surface area contributed by atoms with Crippen LogP contribution in [0.2, 0.25) is 5.02 Å². The molecule has 0 radical (unpaired) electrons. The van der Waals surface area contributed by atoms with Gasteiger partial charge in [0.1, 0.15) is 18.2 Å². The molecule has 0 aliphatic rings. The Hall–Kier alpha value is -2.90. The zero-order chi connectivity index (χ0) is 19.4. The summed E-state index contributed by atoms with van der Waals surface area (Å²) < 4.78 is 5.82. The third-order valence-corrected chi connectivity index (χ3v) is 4.75. The Morgan fingerprint density at radius 2 is 1.81 bits per heavy atom. The van der Waals surface area contributed by atoms with E-state index in [0.29, 0.717) is 17.3 Å². The highest BCUT2D eigenvalue weighted by Gasteiger charge is 2.24. The minimum atomic E-state index is -0.285. The summed E-state index contributed by atoms with van der Waals surface area (Å²) in [4.78, 5) is 11.9. The quantitative estimate of drug-likeness (QED) is 0.520. The van der Waals surface area contributed by atoms with E-state index in [1.54, 1.807) is 12.3 Å². The van der Waals surface area contributed by atoms with Crippen molar-refractivity contribution in [2.24, 2.45) is 0 Å². The molecular weight excluding hydrogens is 358 g/mol. The average molecular weight is 378 g/mol. The number of halogens is 1. The van der Waals surface area contributed by atoms with E-state index in [4.69, 9.17) is 22.9 Å². The van der Waals surface area contributed by atoms with Gasteiger partial charge in [0.2, 0.25) is 0 Å². The molecule has 0 unspecified atom stereocenters. The molecule has 0 spiro atoms. The van der Waals surface area contributed by atoms with Crippen LogP contribution in [-0.2, 0) is 12.0 Å². The van der Waals surface area contributed by atoms with Crippen molar-refractivity contribution in [1.29, 1.82) is 0 Å². The first kappa shape index (κ1) is 18.9. The first-order valence-corrected chi connectivity index (χ1v) is 8.96. The van der Waals surface area contributed by atoms with Gasteiger partial charge in [-0.1, -0.05) is 43.6 Å². The molecule has 1 aromatic heterocycles. The molecule has 27 heavy (non-hydrogen) atoms. The standard InChI is InChI=1S/C22H20ClN3O/c1-15-25-10-9-19(26-15)14-27-21-7-5-16(6-8-21)22(2,3)17-11-18(23)13-20(12-17)24-4/h5-13H,14H2,1-3H3. The van der Waals surface area contributed by atoms with Crippen molar-refractivity contribution in [2.75, 3.05) is 0 Å². The predicted molar refractivity (Wildman–Crippen MR) is 107 cm³/mol. The molecule has 0 atom stereocenters. The van der Waals surface area contributed by atoms with Crippen LogP contribution in [0, 0.1) is 13.5 Å². The van der Waals surface area contributed by atoms with E-state index >= 15 is 0 Å². The van der Waals surface area contributed by atoms with E-state index in [-0.39, 0.29) is 5.41 Å². The van der Waals surface area contributed by atoms with E-state index in [2.05, 4.69) is 28.7 Å². The van der Waals surface area contributed by atoms with Crippen LogP contribution in [0.5, 0.6) is 5.75 Å². The molecule has 0 aliphatic carbocycles. The van der Waals surface area contributed by atoms with Gasteiger partial charge in [-0.3, -0.25) is 0 Å². The highest BCUT2D eigenvalue weighted by Crippen LogP contribution is 2.36. The van der Waals surface area contributed by atoms with Crippen molar-refractivity contribution in [3.63, 3.8) is 0 Å². The highest BCUT2D eigenvalue weighted by atomic mass is 35.5. The van der Waals surface area contributed by atoms with E-state index in [0.717, 1.165) is 28.4 Å². The molecule has 136 valence electrons. The summed E-state index contributed by atoms with van der Waals surface area (Å²) in [5, 5.41) is 0.576. The van der Waals surface area contributed by atoms with Gasteiger partial charge in [0, 0.05) is 16.6 Å². The molecule has 0 N–H and O–H groups in total. The van der Waals surface area contributed by atoms with Crippen molar-refractivity contribution in [3.05, 3.63) is 93.8 Å². The number of rotatable bonds is 5. The SMILES string of the molecule is [C-]#[N+]c1cc(Cl)cc(C(C)(C)c2ccc(OCc3ccnc(C)n3)cc2)c1. The molecule has 0 amide bonds. The van der Waals surface area contributed by atoms with Crippen LogP contribution in [0.4, 0.5) is 5.69 Å². The molecule has 0 aliphatic heterocycles. The Morgan fingerprint density at radius 3 is 2.48 bits per heavy atom. The first-order chi connectivity index (χ1) is 12.9. The molecule has 4 nitrogen and oxygen atoms in total. The van der Waals surface area contributed by atoms with Crippen molar-refractivity contribution in [3.8, 4) is 5.75 Å². The van der Waals surface area contributed by atoms with Crippen LogP contribution < -0.4 is 4.74 Å². The number of aryl methyl sites for hydroxylation is 1. The Morgan fingerprint density at radius 1 is 1.07 bits per heavy atom. The second-order valence-electron chi connectivity index (χ2n) is 6.84. The lowest BCUT2D eigenvalue weighted by Crippen LogP contribution is -2.18. The highest BCUT2D eigenvalue weighted by molar-refractivity contribution is 6.31. The van der Waals surface area contributed by atoms with Gasteiger partial charge < -0.3 is 4.74 Å². The van der Waals surface area contributed by atoms with Gasteiger partial charge >= 0.3 is 0 Å². The smallest absolute Gasteiger partial charge is 0.189 e. The van der Waals surface area contributed by atoms with Crippen molar-refractivity contribution < 1.29 is 4.74 Å². The van der Waals surface area contributed by atoms with Gasteiger partial charge in [-0.15, -0.1) is 0 Å². The molecule has 1 heterocycles. The maximum absolute atomic E-state index is 7.25. The summed E-state index contributed by atoms with van der Waals surface area (Å²) in [6, 6.07) is 15.3. The number of aromatic nitrogens is 2. The monoisotopic (exact) mass is 377 g/mol. The molecule has 3 rings (SSSR count). The van der Waals surface area contributed by atoms with E-state index in [1.807, 2.05) is 49.4 Å². The molecular formula is C22H20ClN3O. The third kappa shape index (κ3) is 4.45. The summed E-state index contributed by atoms with van der Waals surface area (Å²) in [5.41, 5.74) is 3.23. The lowest BCUT2D eigenvalue weighted by atomic mass is 9.78. The topological polar surface area (TPSA) is 39.4 Å². The normalized spacial score (nSPS) is 11.1. The summed E-state index contributed by atoms with van der Waals surface area (Å²) in [7, 11) is 0. The van der Waals surface area contributed by atoms with Crippen LogP contribution in [0.25, 0.3) is 4.85 Å². The van der Waals surface area contributed by atoms with Crippen LogP contribution >= 0.6 is 11.6 Å². The number of hydrogen-bond donors (Lipinski definition) is 0. The van der Waals surface area contributed by atoms with Crippen LogP contribution in [0.15, 0.2) is 54.7 Å². The number of benzene rings is 2. The average Bonchev–Trinajstić information content (AvgIpc) is 2.66. The van der Waals surface area contributed by atoms with Crippen LogP contribution in [0.1, 0.15) is 36.5 Å². The lowest BCUT2D eigenvalue weighted by molar-refractivity contribution is 0.300. The maximum Gasteiger partial charge on any atom is 0.189 e. The van der Waals surface area contributed by atoms with Gasteiger partial charge in [-0.05, 0) is 48.4 Å². The minimum absolute atomic E-state index is 0.285. The van der Waals surface area contributed by atoms with Crippen molar-refractivity contribution in [1.82, 2.24) is 9.97 Å². The Bertz CT molecular complexity index is 991. The van der Waals surface area contributed by atoms with Crippen molar-refractivity contribution >= 4 is 17.3 Å². The number of ether oxygens (including phenoxy) is 1. The molecule has 3 aromatic rings. The van der Waals surface area contributed by atoms with Gasteiger partial charge in [0.25, 0.3) is 0 Å². The Labute approximate surface area is 164 Å². The molecule has 0 saturated heterocycles. The summed E-state index contributed by atoms with van der Waals surface area (Å²) >= 11 is 6.18. The van der Waals surface area contributed by atoms with Gasteiger partial charge in [0.05, 0.1) is 12.3 Å². The molecule has 5 heteroatoms. The van der Waals surface area contributed by atoms with Gasteiger partial charge in [0.15, 0.2) is 5.69 Å². The van der Waals surface area contributed by atoms with Crippen LogP contribution in [-0.4, -0.2) is 9.97 Å². The Kier molecular flexibility index (Phi) is 5.43. The fourth-order valence-corrected chi connectivity index (χ4v) is 3.11. The lowest BCUT2D eigenvalue weighted by Gasteiger charge is -2.27. The van der Waals surface area contributed by atoms with Crippen LogP contribution in [0.3, 0.4) is 0 Å². The largest absolute Gasteiger partial charge is 0.487 e. The summed E-state index contributed by atoms with van der Waals surface area (Å²) in [6.45, 7) is 13.7. The predicted octanol–water partition coefficient (Wildman–Crippen LogP) is 5.89. The van der Waals surface area contributed by atoms with Gasteiger partial charge in [-0.25, -0.2) is 14.8 Å². The zero-order valence-electron chi connectivity index (χ0n) is 15.5. The molecule has 2 aromatic carbocycles. The minimum Gasteiger partial charge on any atom is -0.487 e. The molecule has 0 fully saturated rings. The fourth-order valence-electron chi connectivity index (χ4n) is 2.88. The van der Waals surface area contributed by atoms with Crippen molar-refractivity contribution in [2.45, 2.75) is 32.8 Å². The fraction of sp³-hybridized carbons (Fsp3) is 0.227. The molecule has 0 saturated carbocycles. The second-order valence-corrected chi connectivity index (χ2v) is 7.28. The number of nitrogens with zero attached hydrogens (tertiary/aromatic N) is 3. The third-order valence-electron chi connectivity index (χ3n) is 4.53. The second kappa shape index (κ2) is 7.77. The first-order valence-electron chi connectivity index (χ1n) is 8.59. The van der Waals surface area contributed by atoms with E-state index < -0.39 is 0 Å². The zero-order valence-corrected chi connectivity index (χ0v) is 16.3. The summed E-state index contributed by atoms with van der Waals surface area (Å²) in [5.74, 6) is 1.51. The summed E-state index contributed by atoms with van der Waals surface area (Å²) in [6.07, 6.45) is 1.73. The van der Waals surface area contributed by atoms with E-state index in [1.165, 1.54) is 0 Å². The maximum atomic E-state index is 7.25. The van der Waals surface area contributed by atoms with Gasteiger partial charge in [-0.2, -0.15) is 0 Å². The number of hydrogen-bond acceptors (Lipinski definition) is 3. The molecule has 0 bridgehead atoms. The Balaban J connectivity index is 1.78. The van der Waals surface area contributed by atoms with E-state index in [9.17, 15) is 0 Å².